The van der Waals surface area contributed by atoms with Crippen molar-refractivity contribution < 1.29 is 0 Å². The number of halogens is 2. The van der Waals surface area contributed by atoms with Crippen LogP contribution in [0.3, 0.4) is 0 Å². The van der Waals surface area contributed by atoms with Crippen LogP contribution in [0.1, 0.15) is 0 Å². The molecule has 5 heteroatoms. The van der Waals surface area contributed by atoms with Crippen LogP contribution in [0.4, 0.5) is 0 Å². The zero-order chi connectivity index (χ0) is 8.55. The topological polar surface area (TPSA) is 15.3 Å². The average molecular weight is 310 g/mol. The summed E-state index contributed by atoms with van der Waals surface area (Å²) >= 11 is 8.52. The number of rotatable bonds is 1. The molecule has 0 aromatic carbocycles. The van der Waals surface area contributed by atoms with Crippen molar-refractivity contribution in [1.82, 2.24) is 9.03 Å². The van der Waals surface area contributed by atoms with Crippen LogP contribution in [0.5, 0.6) is 0 Å². The smallest absolute Gasteiger partial charge is 0.0846 e. The summed E-state index contributed by atoms with van der Waals surface area (Å²) in [6.45, 7) is 0. The molecule has 0 spiro atoms. The van der Waals surface area contributed by atoms with E-state index in [4.69, 9.17) is 0 Å². The first-order valence-electron chi connectivity index (χ1n) is 3.38. The predicted molar refractivity (Wildman–Crippen MR) is 59.5 cm³/mol. The van der Waals surface area contributed by atoms with Crippen LogP contribution in [-0.2, 0) is 0 Å². The Morgan fingerprint density at radius 1 is 1.50 bits per heavy atom. The van der Waals surface area contributed by atoms with Gasteiger partial charge in [0.1, 0.15) is 0 Å². The second kappa shape index (κ2) is 3.47. The average Bonchev–Trinajstić information content (AvgIpc) is 2.54. The zero-order valence-corrected chi connectivity index (χ0v) is 10.0. The Balaban J connectivity index is 2.36. The molecule has 12 heavy (non-hydrogen) atoms. The van der Waals surface area contributed by atoms with Crippen LogP contribution in [0.2, 0.25) is 0 Å². The Kier molecular flexibility index (Phi) is 2.52. The first kappa shape index (κ1) is 8.72. The van der Waals surface area contributed by atoms with E-state index in [0.717, 1.165) is 9.81 Å². The number of hydrogen-bond acceptors (Lipinski definition) is 3. The third-order valence-electron chi connectivity index (χ3n) is 1.62. The number of hydrogen-bond donors (Lipinski definition) is 1. The van der Waals surface area contributed by atoms with Crippen molar-refractivity contribution >= 4 is 44.0 Å². The highest BCUT2D eigenvalue weighted by Gasteiger charge is 2.23. The zero-order valence-electron chi connectivity index (χ0n) is 6.05. The minimum atomic E-state index is 0.871. The van der Waals surface area contributed by atoms with E-state index in [0.29, 0.717) is 0 Å². The highest BCUT2D eigenvalue weighted by molar-refractivity contribution is 9.12. The lowest BCUT2D eigenvalue weighted by atomic mass is 10.2. The fourth-order valence-corrected chi connectivity index (χ4v) is 2.95. The molecule has 0 atom stereocenters. The second-order valence-corrected chi connectivity index (χ2v) is 4.54. The minimum Gasteiger partial charge on any atom is -0.316 e. The lowest BCUT2D eigenvalue weighted by Crippen LogP contribution is -2.15. The molecule has 0 aliphatic carbocycles. The molecule has 1 N–H and O–H groups in total. The SMILES string of the molecule is BrCC1=CC=C(Br)C2=CNSN12. The van der Waals surface area contributed by atoms with Crippen molar-refractivity contribution in [1.29, 1.82) is 0 Å². The van der Waals surface area contributed by atoms with Gasteiger partial charge in [0, 0.05) is 21.7 Å². The molecule has 2 aliphatic heterocycles. The molecule has 2 aliphatic rings. The molecule has 0 fully saturated rings. The molecule has 0 aromatic heterocycles. The van der Waals surface area contributed by atoms with E-state index in [1.54, 1.807) is 12.1 Å². The van der Waals surface area contributed by atoms with Gasteiger partial charge in [0.15, 0.2) is 0 Å². The molecule has 0 saturated heterocycles. The standard InChI is InChI=1S/C7H6Br2N2S/c8-3-5-1-2-6(9)7-4-10-12-11(5)7/h1-2,4,10H,3H2. The van der Waals surface area contributed by atoms with Crippen LogP contribution in [-0.4, -0.2) is 9.64 Å². The molecule has 64 valence electrons. The molecule has 0 bridgehead atoms. The highest BCUT2D eigenvalue weighted by Crippen LogP contribution is 2.37. The van der Waals surface area contributed by atoms with Crippen molar-refractivity contribution in [3.8, 4) is 0 Å². The second-order valence-electron chi connectivity index (χ2n) is 2.34. The Morgan fingerprint density at radius 2 is 2.33 bits per heavy atom. The van der Waals surface area contributed by atoms with E-state index in [1.165, 1.54) is 11.4 Å². The lowest BCUT2D eigenvalue weighted by molar-refractivity contribution is 0.734. The molecule has 2 rings (SSSR count). The van der Waals surface area contributed by atoms with Gasteiger partial charge in [-0.15, -0.1) is 0 Å². The van der Waals surface area contributed by atoms with E-state index in [1.807, 2.05) is 6.20 Å². The Morgan fingerprint density at radius 3 is 3.08 bits per heavy atom. The number of fused-ring (bicyclic) bond motifs is 1. The Labute approximate surface area is 92.3 Å². The molecule has 0 radical (unpaired) electrons. The molecule has 0 amide bonds. The quantitative estimate of drug-likeness (QED) is 0.592. The molecular weight excluding hydrogens is 304 g/mol. The summed E-state index contributed by atoms with van der Waals surface area (Å²) in [4.78, 5) is 0. The Bertz CT molecular complexity index is 296. The van der Waals surface area contributed by atoms with Crippen molar-refractivity contribution in [3.63, 3.8) is 0 Å². The van der Waals surface area contributed by atoms with Gasteiger partial charge in [0.05, 0.1) is 17.8 Å². The summed E-state index contributed by atoms with van der Waals surface area (Å²) in [6, 6.07) is 0. The maximum atomic E-state index is 3.49. The van der Waals surface area contributed by atoms with Gasteiger partial charge in [0.2, 0.25) is 0 Å². The lowest BCUT2D eigenvalue weighted by Gasteiger charge is -2.23. The van der Waals surface area contributed by atoms with Crippen molar-refractivity contribution in [2.24, 2.45) is 0 Å². The first-order valence-corrected chi connectivity index (χ1v) is 6.07. The van der Waals surface area contributed by atoms with Crippen LogP contribution in [0, 0.1) is 0 Å². The number of nitrogens with zero attached hydrogens (tertiary/aromatic N) is 1. The fraction of sp³-hybridized carbons (Fsp3) is 0.143. The summed E-state index contributed by atoms with van der Waals surface area (Å²) in [7, 11) is 0. The van der Waals surface area contributed by atoms with Crippen molar-refractivity contribution in [3.05, 3.63) is 34.2 Å². The fourth-order valence-electron chi connectivity index (χ4n) is 1.04. The van der Waals surface area contributed by atoms with E-state index in [-0.39, 0.29) is 0 Å². The molecule has 2 nitrogen and oxygen atoms in total. The van der Waals surface area contributed by atoms with Crippen molar-refractivity contribution in [2.45, 2.75) is 0 Å². The van der Waals surface area contributed by atoms with E-state index in [9.17, 15) is 0 Å². The van der Waals surface area contributed by atoms with Gasteiger partial charge in [-0.25, -0.2) is 0 Å². The number of nitrogens with one attached hydrogen (secondary N) is 1. The molecule has 2 heterocycles. The summed E-state index contributed by atoms with van der Waals surface area (Å²) in [5, 5.41) is 0.871. The van der Waals surface area contributed by atoms with Gasteiger partial charge < -0.3 is 4.72 Å². The maximum absolute atomic E-state index is 3.49. The normalized spacial score (nSPS) is 20.8. The third-order valence-corrected chi connectivity index (χ3v) is 3.71. The van der Waals surface area contributed by atoms with Gasteiger partial charge in [-0.2, -0.15) is 0 Å². The van der Waals surface area contributed by atoms with E-state index in [2.05, 4.69) is 53.0 Å². The summed E-state index contributed by atoms with van der Waals surface area (Å²) in [5.41, 5.74) is 2.43. The van der Waals surface area contributed by atoms with Gasteiger partial charge in [-0.1, -0.05) is 15.9 Å². The van der Waals surface area contributed by atoms with Gasteiger partial charge in [-0.05, 0) is 28.1 Å². The summed E-state index contributed by atoms with van der Waals surface area (Å²) < 4.78 is 6.37. The molecule has 0 aromatic rings. The number of allylic oxidation sites excluding steroid dienone is 4. The Hall–Kier alpha value is 0.130. The van der Waals surface area contributed by atoms with Gasteiger partial charge >= 0.3 is 0 Å². The number of alkyl halides is 1. The predicted octanol–water partition coefficient (Wildman–Crippen LogP) is 2.87. The van der Waals surface area contributed by atoms with Gasteiger partial charge in [-0.3, -0.25) is 4.31 Å². The van der Waals surface area contributed by atoms with Gasteiger partial charge in [0.25, 0.3) is 0 Å². The van der Waals surface area contributed by atoms with E-state index < -0.39 is 0 Å². The summed E-state index contributed by atoms with van der Waals surface area (Å²) in [5.74, 6) is 0. The largest absolute Gasteiger partial charge is 0.316 e. The van der Waals surface area contributed by atoms with Crippen LogP contribution in [0.25, 0.3) is 0 Å². The van der Waals surface area contributed by atoms with E-state index >= 15 is 0 Å². The minimum absolute atomic E-state index is 0.871. The van der Waals surface area contributed by atoms with Crippen LogP contribution in [0.15, 0.2) is 34.2 Å². The third kappa shape index (κ3) is 1.34. The van der Waals surface area contributed by atoms with Crippen molar-refractivity contribution in [2.75, 3.05) is 5.33 Å². The summed E-state index contributed by atoms with van der Waals surface area (Å²) in [6.07, 6.45) is 6.14. The monoisotopic (exact) mass is 308 g/mol. The molecule has 0 saturated carbocycles. The maximum Gasteiger partial charge on any atom is 0.0846 e. The first-order chi connectivity index (χ1) is 5.83. The van der Waals surface area contributed by atoms with Crippen LogP contribution >= 0.6 is 44.0 Å². The molecular formula is C7H6Br2N2S. The molecule has 0 unspecified atom stereocenters. The van der Waals surface area contributed by atoms with Crippen LogP contribution < -0.4 is 4.72 Å². The highest BCUT2D eigenvalue weighted by atomic mass is 79.9.